The van der Waals surface area contributed by atoms with Gasteiger partial charge in [-0.05, 0) is 25.2 Å². The van der Waals surface area contributed by atoms with Gasteiger partial charge in [-0.15, -0.1) is 0 Å². The van der Waals surface area contributed by atoms with Gasteiger partial charge in [-0.3, -0.25) is 9.69 Å². The molecule has 0 aliphatic rings. The van der Waals surface area contributed by atoms with E-state index in [1.165, 1.54) is 0 Å². The van der Waals surface area contributed by atoms with E-state index >= 15 is 0 Å². The van der Waals surface area contributed by atoms with Crippen LogP contribution >= 0.6 is 0 Å². The second-order valence-electron chi connectivity index (χ2n) is 4.84. The molecule has 7 heteroatoms. The lowest BCUT2D eigenvalue weighted by Gasteiger charge is -2.17. The number of ether oxygens (including phenoxy) is 1. The van der Waals surface area contributed by atoms with Crippen LogP contribution < -0.4 is 21.7 Å². The van der Waals surface area contributed by atoms with E-state index in [1.54, 1.807) is 12.0 Å². The molecule has 0 fully saturated rings. The second kappa shape index (κ2) is 6.38. The molecule has 2 aromatic rings. The van der Waals surface area contributed by atoms with E-state index in [-0.39, 0.29) is 12.5 Å². The zero-order valence-corrected chi connectivity index (χ0v) is 12.1. The number of likely N-dealkylation sites (N-methyl/N-ethyl adjacent to an activating group) is 1. The number of rotatable bonds is 6. The number of hydrazine groups is 1. The molecule has 1 aromatic carbocycles. The number of aromatic nitrogens is 1. The first-order valence-electron chi connectivity index (χ1n) is 6.44. The van der Waals surface area contributed by atoms with Gasteiger partial charge in [-0.25, -0.2) is 10.8 Å². The molecule has 0 atom stereocenters. The number of pyridine rings is 1. The highest BCUT2D eigenvalue weighted by Crippen LogP contribution is 2.24. The first-order chi connectivity index (χ1) is 10.0. The number of carbonyl (C=O) groups excluding carboxylic acids is 1. The second-order valence-corrected chi connectivity index (χ2v) is 4.84. The number of primary amides is 1. The number of anilines is 1. The first-order valence-corrected chi connectivity index (χ1v) is 6.44. The van der Waals surface area contributed by atoms with Gasteiger partial charge in [0.2, 0.25) is 5.91 Å². The smallest absolute Gasteiger partial charge is 0.231 e. The molecule has 0 spiro atoms. The van der Waals surface area contributed by atoms with Gasteiger partial charge < -0.3 is 15.9 Å². The van der Waals surface area contributed by atoms with Crippen LogP contribution in [0.2, 0.25) is 0 Å². The van der Waals surface area contributed by atoms with Crippen LogP contribution in [-0.2, 0) is 11.3 Å². The lowest BCUT2D eigenvalue weighted by atomic mass is 10.1. The molecule has 0 radical (unpaired) electrons. The summed E-state index contributed by atoms with van der Waals surface area (Å²) in [7, 11) is 3.42. The Hall–Kier alpha value is -2.38. The standard InChI is InChI=1S/C14H19N5O2/c1-19(8-13(15)20)7-10-5-9-3-4-11(21-2)6-12(9)17-14(10)18-16/h3-6H,7-8,16H2,1-2H3,(H2,15,20)(H,17,18). The Balaban J connectivity index is 2.36. The Labute approximate surface area is 122 Å². The maximum atomic E-state index is 10.9. The fourth-order valence-corrected chi connectivity index (χ4v) is 2.18. The Morgan fingerprint density at radius 2 is 2.19 bits per heavy atom. The molecule has 0 saturated carbocycles. The number of nitrogen functional groups attached to an aromatic ring is 1. The van der Waals surface area contributed by atoms with Crippen molar-refractivity contribution in [2.75, 3.05) is 26.1 Å². The van der Waals surface area contributed by atoms with Gasteiger partial charge in [0.1, 0.15) is 11.6 Å². The lowest BCUT2D eigenvalue weighted by Crippen LogP contribution is -2.30. The van der Waals surface area contributed by atoms with Crippen molar-refractivity contribution in [2.24, 2.45) is 11.6 Å². The van der Waals surface area contributed by atoms with Gasteiger partial charge in [-0.2, -0.15) is 0 Å². The molecule has 0 bridgehead atoms. The Bertz CT molecular complexity index is 659. The minimum Gasteiger partial charge on any atom is -0.497 e. The largest absolute Gasteiger partial charge is 0.497 e. The minimum atomic E-state index is -0.377. The third-order valence-electron chi connectivity index (χ3n) is 3.11. The van der Waals surface area contributed by atoms with Crippen LogP contribution in [0.5, 0.6) is 5.75 Å². The van der Waals surface area contributed by atoms with Gasteiger partial charge in [0, 0.05) is 23.6 Å². The number of nitrogens with two attached hydrogens (primary N) is 2. The summed E-state index contributed by atoms with van der Waals surface area (Å²) in [4.78, 5) is 17.2. The van der Waals surface area contributed by atoms with E-state index in [2.05, 4.69) is 10.4 Å². The minimum absolute atomic E-state index is 0.171. The van der Waals surface area contributed by atoms with Crippen molar-refractivity contribution in [3.05, 3.63) is 29.8 Å². The van der Waals surface area contributed by atoms with Crippen molar-refractivity contribution in [3.8, 4) is 5.75 Å². The number of nitrogens with one attached hydrogen (secondary N) is 1. The molecule has 21 heavy (non-hydrogen) atoms. The third-order valence-corrected chi connectivity index (χ3v) is 3.11. The number of carbonyl (C=O) groups is 1. The maximum Gasteiger partial charge on any atom is 0.231 e. The summed E-state index contributed by atoms with van der Waals surface area (Å²) in [6, 6.07) is 7.62. The van der Waals surface area contributed by atoms with Crippen LogP contribution in [-0.4, -0.2) is 36.5 Å². The molecule has 1 heterocycles. The van der Waals surface area contributed by atoms with Crippen LogP contribution in [0.1, 0.15) is 5.56 Å². The zero-order valence-electron chi connectivity index (χ0n) is 12.1. The van der Waals surface area contributed by atoms with E-state index in [9.17, 15) is 4.79 Å². The van der Waals surface area contributed by atoms with Crippen molar-refractivity contribution < 1.29 is 9.53 Å². The maximum absolute atomic E-state index is 10.9. The molecular weight excluding hydrogens is 270 g/mol. The molecule has 5 N–H and O–H groups in total. The number of amides is 1. The highest BCUT2D eigenvalue weighted by atomic mass is 16.5. The van der Waals surface area contributed by atoms with Gasteiger partial charge in [0.15, 0.2) is 0 Å². The summed E-state index contributed by atoms with van der Waals surface area (Å²) < 4.78 is 5.18. The van der Waals surface area contributed by atoms with E-state index in [1.807, 2.05) is 31.3 Å². The van der Waals surface area contributed by atoms with Crippen molar-refractivity contribution in [2.45, 2.75) is 6.54 Å². The Morgan fingerprint density at radius 3 is 2.81 bits per heavy atom. The van der Waals surface area contributed by atoms with Gasteiger partial charge in [0.25, 0.3) is 0 Å². The number of hydrogen-bond acceptors (Lipinski definition) is 6. The summed E-state index contributed by atoms with van der Waals surface area (Å²) in [5.41, 5.74) is 9.45. The average Bonchev–Trinajstić information content (AvgIpc) is 2.45. The monoisotopic (exact) mass is 289 g/mol. The molecule has 1 aromatic heterocycles. The Kier molecular flexibility index (Phi) is 4.56. The highest BCUT2D eigenvalue weighted by molar-refractivity contribution is 5.83. The van der Waals surface area contributed by atoms with Crippen LogP contribution in [0.25, 0.3) is 10.9 Å². The summed E-state index contributed by atoms with van der Waals surface area (Å²) in [6.45, 7) is 0.683. The molecule has 7 nitrogen and oxygen atoms in total. The lowest BCUT2D eigenvalue weighted by molar-refractivity contribution is -0.118. The summed E-state index contributed by atoms with van der Waals surface area (Å²) in [6.07, 6.45) is 0. The van der Waals surface area contributed by atoms with Crippen molar-refractivity contribution in [1.82, 2.24) is 9.88 Å². The van der Waals surface area contributed by atoms with Crippen molar-refractivity contribution in [3.63, 3.8) is 0 Å². The number of benzene rings is 1. The molecule has 0 aliphatic heterocycles. The topological polar surface area (TPSA) is 106 Å². The van der Waals surface area contributed by atoms with E-state index in [0.717, 1.165) is 22.2 Å². The predicted molar refractivity (Wildman–Crippen MR) is 81.6 cm³/mol. The molecule has 1 amide bonds. The SMILES string of the molecule is COc1ccc2cc(CN(C)CC(N)=O)c(NN)nc2c1. The quantitative estimate of drug-likeness (QED) is 0.526. The van der Waals surface area contributed by atoms with Crippen LogP contribution in [0.3, 0.4) is 0 Å². The van der Waals surface area contributed by atoms with Gasteiger partial charge in [-0.1, -0.05) is 0 Å². The molecular formula is C14H19N5O2. The summed E-state index contributed by atoms with van der Waals surface area (Å²) in [5.74, 6) is 6.45. The van der Waals surface area contributed by atoms with E-state index in [0.29, 0.717) is 12.4 Å². The van der Waals surface area contributed by atoms with E-state index < -0.39 is 0 Å². The summed E-state index contributed by atoms with van der Waals surface area (Å²) in [5, 5.41) is 0.970. The third kappa shape index (κ3) is 3.59. The number of nitrogens with zero attached hydrogens (tertiary/aromatic N) is 2. The molecule has 0 aliphatic carbocycles. The van der Waals surface area contributed by atoms with Crippen LogP contribution in [0.15, 0.2) is 24.3 Å². The highest BCUT2D eigenvalue weighted by Gasteiger charge is 2.10. The first kappa shape index (κ1) is 15.0. The van der Waals surface area contributed by atoms with E-state index in [4.69, 9.17) is 16.3 Å². The van der Waals surface area contributed by atoms with Crippen LogP contribution in [0.4, 0.5) is 5.82 Å². The fraction of sp³-hybridized carbons (Fsp3) is 0.286. The predicted octanol–water partition coefficient (Wildman–Crippen LogP) is 0.446. The average molecular weight is 289 g/mol. The van der Waals surface area contributed by atoms with Crippen molar-refractivity contribution >= 4 is 22.6 Å². The summed E-state index contributed by atoms with van der Waals surface area (Å²) >= 11 is 0. The molecule has 2 rings (SSSR count). The van der Waals surface area contributed by atoms with Crippen LogP contribution in [0, 0.1) is 0 Å². The van der Waals surface area contributed by atoms with Crippen molar-refractivity contribution in [1.29, 1.82) is 0 Å². The number of methoxy groups -OCH3 is 1. The van der Waals surface area contributed by atoms with Gasteiger partial charge in [0.05, 0.1) is 19.2 Å². The van der Waals surface area contributed by atoms with Gasteiger partial charge >= 0.3 is 0 Å². The Morgan fingerprint density at radius 1 is 1.43 bits per heavy atom. The fourth-order valence-electron chi connectivity index (χ4n) is 2.18. The number of fused-ring (bicyclic) bond motifs is 1. The molecule has 0 unspecified atom stereocenters. The molecule has 0 saturated heterocycles. The normalized spacial score (nSPS) is 10.9. The molecule has 112 valence electrons. The zero-order chi connectivity index (χ0) is 15.4. The number of hydrogen-bond donors (Lipinski definition) is 3.